The Hall–Kier alpha value is -0.860. The van der Waals surface area contributed by atoms with Gasteiger partial charge in [0.2, 0.25) is 0 Å². The van der Waals surface area contributed by atoms with Crippen molar-refractivity contribution in [3.8, 4) is 0 Å². The van der Waals surface area contributed by atoms with Crippen LogP contribution in [0.1, 0.15) is 24.1 Å². The fourth-order valence-electron chi connectivity index (χ4n) is 2.07. The van der Waals surface area contributed by atoms with E-state index in [9.17, 15) is 0 Å². The predicted molar refractivity (Wildman–Crippen MR) is 59.4 cm³/mol. The van der Waals surface area contributed by atoms with Crippen molar-refractivity contribution in [2.24, 2.45) is 0 Å². The van der Waals surface area contributed by atoms with Gasteiger partial charge in [-0.3, -0.25) is 0 Å². The van der Waals surface area contributed by atoms with E-state index in [4.69, 9.17) is 0 Å². The maximum atomic E-state index is 3.55. The molecule has 2 rings (SSSR count). The molecule has 1 aliphatic rings. The number of nitrogens with one attached hydrogen (secondary N) is 2. The molecule has 0 unspecified atom stereocenters. The summed E-state index contributed by atoms with van der Waals surface area (Å²) in [6, 6.07) is 9.22. The molecule has 14 heavy (non-hydrogen) atoms. The van der Waals surface area contributed by atoms with Gasteiger partial charge in [-0.15, -0.1) is 0 Å². The van der Waals surface area contributed by atoms with E-state index < -0.39 is 0 Å². The first-order valence-electron chi connectivity index (χ1n) is 5.43. The minimum Gasteiger partial charge on any atom is -0.314 e. The average Bonchev–Trinajstić information content (AvgIpc) is 2.30. The van der Waals surface area contributed by atoms with E-state index in [-0.39, 0.29) is 0 Å². The minimum atomic E-state index is 0.500. The quantitative estimate of drug-likeness (QED) is 0.738. The lowest BCUT2D eigenvalue weighted by Crippen LogP contribution is -2.42. The number of piperazine rings is 1. The third kappa shape index (κ3) is 1.97. The molecule has 1 atom stereocenters. The van der Waals surface area contributed by atoms with Crippen LogP contribution >= 0.6 is 0 Å². The molecule has 1 aromatic carbocycles. The lowest BCUT2D eigenvalue weighted by Gasteiger charge is -2.26. The molecule has 0 radical (unpaired) electrons. The molecule has 1 heterocycles. The van der Waals surface area contributed by atoms with E-state index in [1.807, 2.05) is 0 Å². The minimum absolute atomic E-state index is 0.500. The molecule has 1 saturated heterocycles. The SMILES string of the molecule is CCc1ccccc1[C@H]1CNCCN1. The molecular weight excluding hydrogens is 172 g/mol. The Morgan fingerprint density at radius 2 is 2.14 bits per heavy atom. The van der Waals surface area contributed by atoms with Crippen LogP contribution < -0.4 is 10.6 Å². The Morgan fingerprint density at radius 3 is 2.86 bits per heavy atom. The summed E-state index contributed by atoms with van der Waals surface area (Å²) < 4.78 is 0. The fourth-order valence-corrected chi connectivity index (χ4v) is 2.07. The number of rotatable bonds is 2. The van der Waals surface area contributed by atoms with Crippen molar-refractivity contribution in [1.82, 2.24) is 10.6 Å². The summed E-state index contributed by atoms with van der Waals surface area (Å²) in [4.78, 5) is 0. The van der Waals surface area contributed by atoms with Crippen molar-refractivity contribution in [1.29, 1.82) is 0 Å². The van der Waals surface area contributed by atoms with Gasteiger partial charge in [0.25, 0.3) is 0 Å². The second-order valence-electron chi connectivity index (χ2n) is 3.76. The lowest BCUT2D eigenvalue weighted by molar-refractivity contribution is 0.428. The zero-order valence-corrected chi connectivity index (χ0v) is 8.72. The normalized spacial score (nSPS) is 22.2. The highest BCUT2D eigenvalue weighted by atomic mass is 15.1. The molecular formula is C12H18N2. The van der Waals surface area contributed by atoms with Crippen LogP contribution in [0.4, 0.5) is 0 Å². The Morgan fingerprint density at radius 1 is 1.29 bits per heavy atom. The smallest absolute Gasteiger partial charge is 0.0449 e. The van der Waals surface area contributed by atoms with Crippen LogP contribution in [0.2, 0.25) is 0 Å². The highest BCUT2D eigenvalue weighted by molar-refractivity contribution is 5.30. The van der Waals surface area contributed by atoms with E-state index in [0.717, 1.165) is 26.1 Å². The molecule has 0 spiro atoms. The third-order valence-corrected chi connectivity index (χ3v) is 2.85. The number of hydrogen-bond donors (Lipinski definition) is 2. The molecule has 0 saturated carbocycles. The van der Waals surface area contributed by atoms with Gasteiger partial charge in [0.05, 0.1) is 0 Å². The summed E-state index contributed by atoms with van der Waals surface area (Å²) >= 11 is 0. The standard InChI is InChI=1S/C12H18N2/c1-2-10-5-3-4-6-11(10)12-9-13-7-8-14-12/h3-6,12-14H,2,7-9H2,1H3/t12-/m1/s1. The van der Waals surface area contributed by atoms with Crippen molar-refractivity contribution in [2.45, 2.75) is 19.4 Å². The summed E-state index contributed by atoms with van der Waals surface area (Å²) in [6.45, 7) is 5.43. The van der Waals surface area contributed by atoms with E-state index in [1.54, 1.807) is 0 Å². The van der Waals surface area contributed by atoms with E-state index >= 15 is 0 Å². The molecule has 2 nitrogen and oxygen atoms in total. The van der Waals surface area contributed by atoms with Crippen molar-refractivity contribution < 1.29 is 0 Å². The van der Waals surface area contributed by atoms with Crippen molar-refractivity contribution in [3.05, 3.63) is 35.4 Å². The Labute approximate surface area is 85.7 Å². The fraction of sp³-hybridized carbons (Fsp3) is 0.500. The molecule has 1 aliphatic heterocycles. The van der Waals surface area contributed by atoms with Gasteiger partial charge in [0.15, 0.2) is 0 Å². The predicted octanol–water partition coefficient (Wildman–Crippen LogP) is 1.48. The van der Waals surface area contributed by atoms with Crippen LogP contribution in [0.15, 0.2) is 24.3 Å². The first-order valence-corrected chi connectivity index (χ1v) is 5.43. The molecule has 76 valence electrons. The summed E-state index contributed by atoms with van der Waals surface area (Å²) in [5, 5.41) is 6.97. The molecule has 1 fully saturated rings. The lowest BCUT2D eigenvalue weighted by atomic mass is 9.98. The van der Waals surface area contributed by atoms with Crippen molar-refractivity contribution in [2.75, 3.05) is 19.6 Å². The summed E-state index contributed by atoms with van der Waals surface area (Å²) in [7, 11) is 0. The van der Waals surface area contributed by atoms with Crippen LogP contribution in [0.5, 0.6) is 0 Å². The van der Waals surface area contributed by atoms with Gasteiger partial charge < -0.3 is 10.6 Å². The zero-order chi connectivity index (χ0) is 9.80. The van der Waals surface area contributed by atoms with E-state index in [1.165, 1.54) is 11.1 Å². The largest absolute Gasteiger partial charge is 0.314 e. The first-order chi connectivity index (χ1) is 6.92. The van der Waals surface area contributed by atoms with Gasteiger partial charge in [-0.05, 0) is 17.5 Å². The molecule has 1 aromatic rings. The summed E-state index contributed by atoms with van der Waals surface area (Å²) in [5.74, 6) is 0. The second kappa shape index (κ2) is 4.58. The highest BCUT2D eigenvalue weighted by Crippen LogP contribution is 2.18. The highest BCUT2D eigenvalue weighted by Gasteiger charge is 2.15. The maximum absolute atomic E-state index is 3.55. The van der Waals surface area contributed by atoms with Crippen LogP contribution in [-0.4, -0.2) is 19.6 Å². The molecule has 0 aliphatic carbocycles. The van der Waals surface area contributed by atoms with Crippen LogP contribution in [0, 0.1) is 0 Å². The van der Waals surface area contributed by atoms with Gasteiger partial charge in [-0.25, -0.2) is 0 Å². The molecule has 0 bridgehead atoms. The molecule has 0 aromatic heterocycles. The van der Waals surface area contributed by atoms with Crippen LogP contribution in [0.25, 0.3) is 0 Å². The van der Waals surface area contributed by atoms with Gasteiger partial charge >= 0.3 is 0 Å². The average molecular weight is 190 g/mol. The topological polar surface area (TPSA) is 24.1 Å². The Balaban J connectivity index is 2.20. The van der Waals surface area contributed by atoms with Gasteiger partial charge in [0, 0.05) is 25.7 Å². The summed E-state index contributed by atoms with van der Waals surface area (Å²) in [5.41, 5.74) is 2.93. The molecule has 2 heteroatoms. The van der Waals surface area contributed by atoms with E-state index in [2.05, 4.69) is 41.8 Å². The number of aryl methyl sites for hydroxylation is 1. The number of benzene rings is 1. The number of hydrogen-bond acceptors (Lipinski definition) is 2. The maximum Gasteiger partial charge on any atom is 0.0449 e. The van der Waals surface area contributed by atoms with Crippen molar-refractivity contribution >= 4 is 0 Å². The Bertz CT molecular complexity index is 290. The third-order valence-electron chi connectivity index (χ3n) is 2.85. The van der Waals surface area contributed by atoms with Crippen LogP contribution in [0.3, 0.4) is 0 Å². The second-order valence-corrected chi connectivity index (χ2v) is 3.76. The monoisotopic (exact) mass is 190 g/mol. The van der Waals surface area contributed by atoms with Crippen LogP contribution in [-0.2, 0) is 6.42 Å². The summed E-state index contributed by atoms with van der Waals surface area (Å²) in [6.07, 6.45) is 1.12. The Kier molecular flexibility index (Phi) is 3.17. The molecule has 2 N–H and O–H groups in total. The van der Waals surface area contributed by atoms with E-state index in [0.29, 0.717) is 6.04 Å². The van der Waals surface area contributed by atoms with Crippen molar-refractivity contribution in [3.63, 3.8) is 0 Å². The zero-order valence-electron chi connectivity index (χ0n) is 8.72. The molecule has 0 amide bonds. The first kappa shape index (κ1) is 9.69. The van der Waals surface area contributed by atoms with Gasteiger partial charge in [-0.2, -0.15) is 0 Å². The van der Waals surface area contributed by atoms with Gasteiger partial charge in [-0.1, -0.05) is 31.2 Å². The van der Waals surface area contributed by atoms with Gasteiger partial charge in [0.1, 0.15) is 0 Å².